The van der Waals surface area contributed by atoms with Gasteiger partial charge in [-0.3, -0.25) is 0 Å². The topological polar surface area (TPSA) is 49.8 Å². The largest absolute Gasteiger partial charge is 0.466 e. The molecule has 0 fully saturated rings. The molecule has 184 valence electrons. The maximum Gasteiger partial charge on any atom is 0.330 e. The van der Waals surface area contributed by atoms with Gasteiger partial charge in [0.15, 0.2) is 0 Å². The first-order valence-electron chi connectivity index (χ1n) is 13.3. The van der Waals surface area contributed by atoms with Gasteiger partial charge in [-0.1, -0.05) is 103 Å². The molecule has 0 unspecified atom stereocenters. The van der Waals surface area contributed by atoms with Gasteiger partial charge >= 0.3 is 5.97 Å². The van der Waals surface area contributed by atoms with E-state index in [0.29, 0.717) is 0 Å². The molecule has 1 N–H and O–H groups in total. The van der Waals surface area contributed by atoms with Crippen LogP contribution >= 0.6 is 0 Å². The molecule has 0 aliphatic rings. The van der Waals surface area contributed by atoms with Gasteiger partial charge in [-0.15, -0.1) is 0 Å². The summed E-state index contributed by atoms with van der Waals surface area (Å²) in [6, 6.07) is 0. The fourth-order valence-electron chi connectivity index (χ4n) is 4.03. The summed E-state index contributed by atoms with van der Waals surface area (Å²) in [5.74, 6) is -0.261. The minimum Gasteiger partial charge on any atom is -0.466 e. The summed E-state index contributed by atoms with van der Waals surface area (Å²) in [6.45, 7) is 5.67. The maximum absolute atomic E-state index is 11.0. The molecule has 0 rings (SSSR count). The average Bonchev–Trinajstić information content (AvgIpc) is 2.78. The summed E-state index contributed by atoms with van der Waals surface area (Å²) >= 11 is 0. The molecule has 0 radical (unpaired) electrons. The Morgan fingerprint density at radius 1 is 0.710 bits per heavy atom. The predicted octanol–water partition coefficient (Wildman–Crippen LogP) is 7.05. The van der Waals surface area contributed by atoms with Crippen LogP contribution < -0.4 is 0 Å². The van der Waals surface area contributed by atoms with Gasteiger partial charge in [0.05, 0.1) is 13.7 Å². The number of nitrogens with zero attached hydrogens (tertiary/aromatic N) is 1. The molecular formula is C27H53NO3. The van der Waals surface area contributed by atoms with Crippen LogP contribution in [0.5, 0.6) is 0 Å². The lowest BCUT2D eigenvalue weighted by Gasteiger charge is -2.21. The monoisotopic (exact) mass is 439 g/mol. The average molecular weight is 440 g/mol. The predicted molar refractivity (Wildman–Crippen MR) is 133 cm³/mol. The van der Waals surface area contributed by atoms with Crippen LogP contribution in [0.1, 0.15) is 122 Å². The Morgan fingerprint density at radius 3 is 1.61 bits per heavy atom. The lowest BCUT2D eigenvalue weighted by Crippen LogP contribution is -2.29. The second-order valence-electron chi connectivity index (χ2n) is 8.94. The van der Waals surface area contributed by atoms with Crippen molar-refractivity contribution < 1.29 is 14.6 Å². The normalized spacial score (nSPS) is 11.6. The Balaban J connectivity index is 3.47. The summed E-state index contributed by atoms with van der Waals surface area (Å²) in [6.07, 6.45) is 27.0. The van der Waals surface area contributed by atoms with Gasteiger partial charge in [-0.05, 0) is 38.8 Å². The van der Waals surface area contributed by atoms with Crippen LogP contribution in [0.15, 0.2) is 12.2 Å². The quantitative estimate of drug-likeness (QED) is 0.0994. The van der Waals surface area contributed by atoms with Gasteiger partial charge in [0, 0.05) is 12.6 Å². The molecule has 0 saturated heterocycles. The molecule has 0 atom stereocenters. The number of aliphatic hydroxyl groups excluding tert-OH is 1. The zero-order chi connectivity index (χ0) is 22.8. The lowest BCUT2D eigenvalue weighted by molar-refractivity contribution is -0.134. The number of carbonyl (C=O) groups excluding carboxylic acids is 1. The van der Waals surface area contributed by atoms with Crippen LogP contribution in [-0.4, -0.2) is 49.3 Å². The fraction of sp³-hybridized carbons (Fsp3) is 0.889. The zero-order valence-corrected chi connectivity index (χ0v) is 20.9. The van der Waals surface area contributed by atoms with Crippen LogP contribution in [0.4, 0.5) is 0 Å². The minimum atomic E-state index is -0.261. The van der Waals surface area contributed by atoms with E-state index in [0.717, 1.165) is 32.5 Å². The van der Waals surface area contributed by atoms with E-state index in [1.165, 1.54) is 116 Å². The third-order valence-electron chi connectivity index (χ3n) is 6.04. The van der Waals surface area contributed by atoms with E-state index < -0.39 is 0 Å². The lowest BCUT2D eigenvalue weighted by atomic mass is 10.1. The Morgan fingerprint density at radius 2 is 1.16 bits per heavy atom. The Kier molecular flexibility index (Phi) is 24.7. The summed E-state index contributed by atoms with van der Waals surface area (Å²) < 4.78 is 4.58. The molecule has 0 bridgehead atoms. The number of esters is 1. The van der Waals surface area contributed by atoms with E-state index in [-0.39, 0.29) is 12.6 Å². The second kappa shape index (κ2) is 25.4. The van der Waals surface area contributed by atoms with Gasteiger partial charge in [-0.2, -0.15) is 0 Å². The van der Waals surface area contributed by atoms with Crippen LogP contribution in [0, 0.1) is 0 Å². The molecule has 0 aromatic heterocycles. The van der Waals surface area contributed by atoms with Crippen molar-refractivity contribution in [1.82, 2.24) is 4.90 Å². The summed E-state index contributed by atoms with van der Waals surface area (Å²) in [5, 5.41) is 9.33. The number of methoxy groups -OCH3 is 1. The van der Waals surface area contributed by atoms with E-state index >= 15 is 0 Å². The molecule has 0 aromatic rings. The Labute approximate surface area is 193 Å². The van der Waals surface area contributed by atoms with Crippen molar-refractivity contribution in [3.8, 4) is 0 Å². The third-order valence-corrected chi connectivity index (χ3v) is 6.04. The molecule has 0 aromatic carbocycles. The van der Waals surface area contributed by atoms with Crippen LogP contribution in [0.3, 0.4) is 0 Å². The summed E-state index contributed by atoms with van der Waals surface area (Å²) in [5.41, 5.74) is 0. The molecule has 0 aliphatic heterocycles. The smallest absolute Gasteiger partial charge is 0.330 e. The van der Waals surface area contributed by atoms with Crippen molar-refractivity contribution in [3.63, 3.8) is 0 Å². The van der Waals surface area contributed by atoms with E-state index in [9.17, 15) is 9.90 Å². The van der Waals surface area contributed by atoms with Crippen molar-refractivity contribution in [2.24, 2.45) is 0 Å². The maximum atomic E-state index is 11.0. The van der Waals surface area contributed by atoms with E-state index in [2.05, 4.69) is 16.6 Å². The minimum absolute atomic E-state index is 0.261. The van der Waals surface area contributed by atoms with E-state index in [1.54, 1.807) is 0 Å². The number of unbranched alkanes of at least 4 members (excludes halogenated alkanes) is 16. The van der Waals surface area contributed by atoms with Gasteiger partial charge < -0.3 is 14.7 Å². The highest BCUT2D eigenvalue weighted by Gasteiger charge is 2.04. The number of hydrogen-bond donors (Lipinski definition) is 1. The Hall–Kier alpha value is -0.870. The number of ether oxygens (including phenoxy) is 1. The fourth-order valence-corrected chi connectivity index (χ4v) is 4.03. The SMILES string of the molecule is CCCCCCCCCCCCN(CCO)CCCCCCCCCC=CC(=O)OC. The Bertz CT molecular complexity index is 398. The van der Waals surface area contributed by atoms with Crippen LogP contribution in [0.2, 0.25) is 0 Å². The standard InChI is InChI=1S/C27H53NO3/c1-3-4-5-6-7-8-11-14-17-20-23-28(25-26-29)24-21-18-15-12-9-10-13-16-19-22-27(30)31-2/h19,22,29H,3-18,20-21,23-26H2,1-2H3. The number of carbonyl (C=O) groups is 1. The highest BCUT2D eigenvalue weighted by atomic mass is 16.5. The van der Waals surface area contributed by atoms with E-state index in [4.69, 9.17) is 0 Å². The molecule has 0 spiro atoms. The molecule has 0 heterocycles. The molecular weight excluding hydrogens is 386 g/mol. The molecule has 0 saturated carbocycles. The molecule has 0 amide bonds. The van der Waals surface area contributed by atoms with Gasteiger partial charge in [0.1, 0.15) is 0 Å². The highest BCUT2D eigenvalue weighted by Crippen LogP contribution is 2.12. The van der Waals surface area contributed by atoms with Crippen molar-refractivity contribution in [3.05, 3.63) is 12.2 Å². The van der Waals surface area contributed by atoms with Crippen molar-refractivity contribution >= 4 is 5.97 Å². The number of aliphatic hydroxyl groups is 1. The van der Waals surface area contributed by atoms with Gasteiger partial charge in [0.25, 0.3) is 0 Å². The number of rotatable bonds is 24. The highest BCUT2D eigenvalue weighted by molar-refractivity contribution is 5.81. The molecule has 4 heteroatoms. The molecule has 0 aliphatic carbocycles. The summed E-state index contributed by atoms with van der Waals surface area (Å²) in [7, 11) is 1.41. The number of allylic oxidation sites excluding steroid dienone is 1. The molecule has 4 nitrogen and oxygen atoms in total. The van der Waals surface area contributed by atoms with E-state index in [1.807, 2.05) is 6.08 Å². The van der Waals surface area contributed by atoms with Crippen molar-refractivity contribution in [1.29, 1.82) is 0 Å². The zero-order valence-electron chi connectivity index (χ0n) is 20.9. The van der Waals surface area contributed by atoms with Crippen molar-refractivity contribution in [2.75, 3.05) is 33.4 Å². The first-order chi connectivity index (χ1) is 15.2. The number of hydrogen-bond acceptors (Lipinski definition) is 4. The first-order valence-corrected chi connectivity index (χ1v) is 13.3. The van der Waals surface area contributed by atoms with Gasteiger partial charge in [-0.25, -0.2) is 4.79 Å². The van der Waals surface area contributed by atoms with Gasteiger partial charge in [0.2, 0.25) is 0 Å². The first kappa shape index (κ1) is 30.1. The summed E-state index contributed by atoms with van der Waals surface area (Å²) in [4.78, 5) is 13.4. The second-order valence-corrected chi connectivity index (χ2v) is 8.94. The molecule has 31 heavy (non-hydrogen) atoms. The van der Waals surface area contributed by atoms with Crippen LogP contribution in [-0.2, 0) is 9.53 Å². The third kappa shape index (κ3) is 23.6. The van der Waals surface area contributed by atoms with Crippen LogP contribution in [0.25, 0.3) is 0 Å². The van der Waals surface area contributed by atoms with Crippen molar-refractivity contribution in [2.45, 2.75) is 122 Å².